The lowest BCUT2D eigenvalue weighted by Crippen LogP contribution is -2.37. The molecule has 0 fully saturated rings. The van der Waals surface area contributed by atoms with Crippen LogP contribution in [-0.4, -0.2) is 30.6 Å². The number of hydrogen-bond acceptors (Lipinski definition) is 2. The summed E-state index contributed by atoms with van der Waals surface area (Å²) < 4.78 is 0. The highest BCUT2D eigenvalue weighted by molar-refractivity contribution is 4.82. The van der Waals surface area contributed by atoms with E-state index >= 15 is 0 Å². The molecule has 0 amide bonds. The second-order valence-corrected chi connectivity index (χ2v) is 3.68. The molecule has 0 aliphatic heterocycles. The third-order valence-electron chi connectivity index (χ3n) is 2.43. The van der Waals surface area contributed by atoms with Crippen molar-refractivity contribution in [2.75, 3.05) is 13.6 Å². The molecule has 0 rings (SSSR count). The van der Waals surface area contributed by atoms with E-state index < -0.39 is 0 Å². The van der Waals surface area contributed by atoms with Crippen LogP contribution >= 0.6 is 0 Å². The van der Waals surface area contributed by atoms with Crippen molar-refractivity contribution in [1.29, 1.82) is 0 Å². The fourth-order valence-corrected chi connectivity index (χ4v) is 1.66. The summed E-state index contributed by atoms with van der Waals surface area (Å²) in [5.41, 5.74) is 0. The number of hydrogen-bond donors (Lipinski definition) is 1. The number of nitrogens with one attached hydrogen (secondary N) is 1. The monoisotopic (exact) mass is 184 g/mol. The van der Waals surface area contributed by atoms with Gasteiger partial charge in [0.2, 0.25) is 0 Å². The molecule has 2 heteroatoms. The minimum atomic E-state index is 0.555. The van der Waals surface area contributed by atoms with Crippen molar-refractivity contribution in [2.45, 2.75) is 45.7 Å². The third kappa shape index (κ3) is 4.32. The van der Waals surface area contributed by atoms with E-state index in [1.165, 1.54) is 12.8 Å². The molecule has 0 saturated heterocycles. The number of nitrogens with zero attached hydrogens (tertiary/aromatic N) is 1. The standard InChI is InChI=1S/C11H24N2/c1-6-11(8-9-12-5)13(7-2)10(3)4/h7,10-12H,2,6,8-9H2,1,3-5H3. The molecular weight excluding hydrogens is 160 g/mol. The van der Waals surface area contributed by atoms with Gasteiger partial charge in [-0.15, -0.1) is 0 Å². The van der Waals surface area contributed by atoms with Crippen molar-refractivity contribution in [3.8, 4) is 0 Å². The van der Waals surface area contributed by atoms with Gasteiger partial charge in [-0.3, -0.25) is 0 Å². The quantitative estimate of drug-likeness (QED) is 0.652. The normalized spacial score (nSPS) is 13.0. The summed E-state index contributed by atoms with van der Waals surface area (Å²) in [4.78, 5) is 2.34. The maximum atomic E-state index is 3.86. The Morgan fingerprint density at radius 1 is 1.46 bits per heavy atom. The van der Waals surface area contributed by atoms with Crippen molar-refractivity contribution >= 4 is 0 Å². The zero-order valence-corrected chi connectivity index (χ0v) is 9.51. The summed E-state index contributed by atoms with van der Waals surface area (Å²) in [6, 6.07) is 1.18. The van der Waals surface area contributed by atoms with Gasteiger partial charge in [0.05, 0.1) is 0 Å². The molecule has 0 aliphatic rings. The highest BCUT2D eigenvalue weighted by Gasteiger charge is 2.14. The Morgan fingerprint density at radius 3 is 2.38 bits per heavy atom. The third-order valence-corrected chi connectivity index (χ3v) is 2.43. The maximum absolute atomic E-state index is 3.86. The van der Waals surface area contributed by atoms with Gasteiger partial charge in [-0.2, -0.15) is 0 Å². The van der Waals surface area contributed by atoms with Gasteiger partial charge >= 0.3 is 0 Å². The minimum Gasteiger partial charge on any atom is -0.373 e. The molecule has 0 aliphatic carbocycles. The van der Waals surface area contributed by atoms with Gasteiger partial charge in [0.15, 0.2) is 0 Å². The summed E-state index contributed by atoms with van der Waals surface area (Å²) in [7, 11) is 2.00. The zero-order valence-electron chi connectivity index (χ0n) is 9.51. The van der Waals surface area contributed by atoms with E-state index in [0.29, 0.717) is 12.1 Å². The van der Waals surface area contributed by atoms with Gasteiger partial charge in [0.1, 0.15) is 0 Å². The van der Waals surface area contributed by atoms with Gasteiger partial charge < -0.3 is 10.2 Å². The Kier molecular flexibility index (Phi) is 6.69. The zero-order chi connectivity index (χ0) is 10.3. The molecule has 0 bridgehead atoms. The van der Waals surface area contributed by atoms with E-state index in [4.69, 9.17) is 0 Å². The highest BCUT2D eigenvalue weighted by atomic mass is 15.2. The van der Waals surface area contributed by atoms with Gasteiger partial charge in [-0.05, 0) is 46.5 Å². The van der Waals surface area contributed by atoms with Gasteiger partial charge in [-0.1, -0.05) is 13.5 Å². The predicted octanol–water partition coefficient (Wildman–Crippen LogP) is 2.23. The molecule has 0 aromatic heterocycles. The van der Waals surface area contributed by atoms with Crippen molar-refractivity contribution < 1.29 is 0 Å². The molecular formula is C11H24N2. The van der Waals surface area contributed by atoms with Crippen LogP contribution in [0.5, 0.6) is 0 Å². The van der Waals surface area contributed by atoms with E-state index in [1.54, 1.807) is 0 Å². The van der Waals surface area contributed by atoms with Crippen LogP contribution in [0, 0.1) is 0 Å². The molecule has 1 atom stereocenters. The Labute approximate surface area is 83.0 Å². The Balaban J connectivity index is 4.08. The van der Waals surface area contributed by atoms with Crippen LogP contribution in [0.1, 0.15) is 33.6 Å². The second kappa shape index (κ2) is 6.96. The van der Waals surface area contributed by atoms with E-state index in [2.05, 4.69) is 37.6 Å². The largest absolute Gasteiger partial charge is 0.373 e. The molecule has 2 nitrogen and oxygen atoms in total. The van der Waals surface area contributed by atoms with Crippen LogP contribution in [0.2, 0.25) is 0 Å². The first-order valence-electron chi connectivity index (χ1n) is 5.21. The molecule has 1 unspecified atom stereocenters. The summed E-state index contributed by atoms with van der Waals surface area (Å²) in [5, 5.41) is 3.19. The molecule has 0 aromatic carbocycles. The highest BCUT2D eigenvalue weighted by Crippen LogP contribution is 2.12. The number of rotatable bonds is 7. The lowest BCUT2D eigenvalue weighted by atomic mass is 10.1. The van der Waals surface area contributed by atoms with Crippen LogP contribution in [0.3, 0.4) is 0 Å². The smallest absolute Gasteiger partial charge is 0.0296 e. The molecule has 1 N–H and O–H groups in total. The Hall–Kier alpha value is -0.500. The molecule has 0 radical (unpaired) electrons. The average Bonchev–Trinajstić information content (AvgIpc) is 2.11. The van der Waals surface area contributed by atoms with Crippen molar-refractivity contribution in [2.24, 2.45) is 0 Å². The first kappa shape index (κ1) is 12.5. The second-order valence-electron chi connectivity index (χ2n) is 3.68. The SMILES string of the molecule is C=CN(C(C)C)C(CC)CCNC. The summed E-state index contributed by atoms with van der Waals surface area (Å²) in [6.07, 6.45) is 4.34. The van der Waals surface area contributed by atoms with Crippen molar-refractivity contribution in [1.82, 2.24) is 10.2 Å². The summed E-state index contributed by atoms with van der Waals surface area (Å²) >= 11 is 0. The Morgan fingerprint density at radius 2 is 2.08 bits per heavy atom. The lowest BCUT2D eigenvalue weighted by molar-refractivity contribution is 0.211. The van der Waals surface area contributed by atoms with E-state index in [9.17, 15) is 0 Å². The van der Waals surface area contributed by atoms with Gasteiger partial charge in [0.25, 0.3) is 0 Å². The average molecular weight is 184 g/mol. The fraction of sp³-hybridized carbons (Fsp3) is 0.818. The van der Waals surface area contributed by atoms with Gasteiger partial charge in [0, 0.05) is 12.1 Å². The first-order chi connectivity index (χ1) is 6.17. The molecule has 0 heterocycles. The van der Waals surface area contributed by atoms with Gasteiger partial charge in [-0.25, -0.2) is 0 Å². The van der Waals surface area contributed by atoms with Crippen molar-refractivity contribution in [3.05, 3.63) is 12.8 Å². The molecule has 0 aromatic rings. The van der Waals surface area contributed by atoms with Crippen LogP contribution in [0.15, 0.2) is 12.8 Å². The fourth-order valence-electron chi connectivity index (χ4n) is 1.66. The molecule has 0 saturated carbocycles. The van der Waals surface area contributed by atoms with E-state index in [1.807, 2.05) is 13.2 Å². The van der Waals surface area contributed by atoms with E-state index in [0.717, 1.165) is 6.54 Å². The molecule has 13 heavy (non-hydrogen) atoms. The topological polar surface area (TPSA) is 15.3 Å². The predicted molar refractivity (Wildman–Crippen MR) is 59.8 cm³/mol. The van der Waals surface area contributed by atoms with Crippen molar-refractivity contribution in [3.63, 3.8) is 0 Å². The molecule has 0 spiro atoms. The summed E-state index contributed by atoms with van der Waals surface area (Å²) in [5.74, 6) is 0. The van der Waals surface area contributed by atoms with Crippen LogP contribution < -0.4 is 5.32 Å². The molecule has 78 valence electrons. The van der Waals surface area contributed by atoms with Crippen LogP contribution in [0.4, 0.5) is 0 Å². The summed E-state index contributed by atoms with van der Waals surface area (Å²) in [6.45, 7) is 11.6. The Bertz CT molecular complexity index is 132. The minimum absolute atomic E-state index is 0.555. The first-order valence-corrected chi connectivity index (χ1v) is 5.21. The van der Waals surface area contributed by atoms with E-state index in [-0.39, 0.29) is 0 Å². The maximum Gasteiger partial charge on any atom is 0.0296 e. The van der Waals surface area contributed by atoms with Crippen LogP contribution in [0.25, 0.3) is 0 Å². The van der Waals surface area contributed by atoms with Crippen LogP contribution in [-0.2, 0) is 0 Å². The lowest BCUT2D eigenvalue weighted by Gasteiger charge is -2.33.